The molecular weight excluding hydrogens is 362 g/mol. The summed E-state index contributed by atoms with van der Waals surface area (Å²) in [7, 11) is 1.57. The van der Waals surface area contributed by atoms with E-state index >= 15 is 0 Å². The number of nitrogens with zero attached hydrogens (tertiary/aromatic N) is 1. The Labute approximate surface area is 159 Å². The van der Waals surface area contributed by atoms with Crippen molar-refractivity contribution >= 4 is 17.6 Å². The van der Waals surface area contributed by atoms with Gasteiger partial charge >= 0.3 is 5.97 Å². The molecule has 2 aromatic carbocycles. The van der Waals surface area contributed by atoms with Crippen LogP contribution in [0, 0.1) is 0 Å². The van der Waals surface area contributed by atoms with Gasteiger partial charge in [0.2, 0.25) is 0 Å². The Hall–Kier alpha value is -3.94. The molecule has 0 atom stereocenters. The second kappa shape index (κ2) is 8.17. The first kappa shape index (κ1) is 18.8. The van der Waals surface area contributed by atoms with Crippen molar-refractivity contribution in [3.05, 3.63) is 87.6 Å². The summed E-state index contributed by atoms with van der Waals surface area (Å²) in [6.45, 7) is 0. The zero-order valence-corrected chi connectivity index (χ0v) is 14.9. The molecule has 3 rings (SSSR count). The Morgan fingerprint density at radius 3 is 2.57 bits per heavy atom. The number of amides is 1. The Kier molecular flexibility index (Phi) is 5.50. The Balaban J connectivity index is 1.80. The van der Waals surface area contributed by atoms with Crippen LogP contribution < -0.4 is 15.6 Å². The van der Waals surface area contributed by atoms with Crippen LogP contribution >= 0.6 is 0 Å². The number of carbonyl (C=O) groups excluding carboxylic acids is 1. The average Bonchev–Trinajstić information content (AvgIpc) is 2.68. The molecule has 1 aromatic heterocycles. The summed E-state index contributed by atoms with van der Waals surface area (Å²) in [4.78, 5) is 42.2. The van der Waals surface area contributed by atoms with E-state index in [1.54, 1.807) is 25.3 Å². The van der Waals surface area contributed by atoms with E-state index in [1.165, 1.54) is 18.2 Å². The summed E-state index contributed by atoms with van der Waals surface area (Å²) >= 11 is 0. The smallest absolute Gasteiger partial charge is 0.335 e. The molecule has 8 nitrogen and oxygen atoms in total. The summed E-state index contributed by atoms with van der Waals surface area (Å²) in [5.74, 6) is -0.666. The summed E-state index contributed by atoms with van der Waals surface area (Å²) in [5, 5.41) is 11.6. The number of benzene rings is 2. The minimum absolute atomic E-state index is 0.0388. The predicted octanol–water partition coefficient (Wildman–Crippen LogP) is 2.32. The standard InChI is InChI=1S/C20H17N3O5/c1-28-15-7-5-12(6-8-15)9-17-22-16(11-18(24)23-17)19(25)21-14-4-2-3-13(10-14)20(26)27/h2-8,10-11H,9H2,1H3,(H,21,25)(H,26,27)(H,22,23,24). The van der Waals surface area contributed by atoms with Crippen LogP contribution in [0.1, 0.15) is 32.2 Å². The normalized spacial score (nSPS) is 10.3. The minimum atomic E-state index is -1.10. The third kappa shape index (κ3) is 4.61. The highest BCUT2D eigenvalue weighted by molar-refractivity contribution is 6.03. The van der Waals surface area contributed by atoms with Gasteiger partial charge in [-0.15, -0.1) is 0 Å². The first-order chi connectivity index (χ1) is 13.4. The first-order valence-electron chi connectivity index (χ1n) is 8.32. The molecule has 0 radical (unpaired) electrons. The lowest BCUT2D eigenvalue weighted by Gasteiger charge is -2.07. The van der Waals surface area contributed by atoms with Gasteiger partial charge in [-0.3, -0.25) is 9.59 Å². The fraction of sp³-hybridized carbons (Fsp3) is 0.100. The van der Waals surface area contributed by atoms with Crippen LogP contribution in [-0.2, 0) is 6.42 Å². The average molecular weight is 379 g/mol. The van der Waals surface area contributed by atoms with E-state index in [2.05, 4.69) is 15.3 Å². The SMILES string of the molecule is COc1ccc(Cc2nc(C(=O)Nc3cccc(C(=O)O)c3)cc(=O)[nH]2)cc1. The van der Waals surface area contributed by atoms with Gasteiger partial charge in [-0.25, -0.2) is 9.78 Å². The zero-order chi connectivity index (χ0) is 20.1. The number of carboxylic acids is 1. The summed E-state index contributed by atoms with van der Waals surface area (Å²) in [6, 6.07) is 14.1. The quantitative estimate of drug-likeness (QED) is 0.604. The number of aromatic amines is 1. The molecule has 3 aromatic rings. The van der Waals surface area contributed by atoms with Gasteiger partial charge in [0, 0.05) is 18.2 Å². The lowest BCUT2D eigenvalue weighted by molar-refractivity contribution is 0.0696. The van der Waals surface area contributed by atoms with Crippen LogP contribution in [0.5, 0.6) is 5.75 Å². The first-order valence-corrected chi connectivity index (χ1v) is 8.32. The second-order valence-electron chi connectivity index (χ2n) is 5.94. The molecule has 0 unspecified atom stereocenters. The van der Waals surface area contributed by atoms with Crippen molar-refractivity contribution in [2.24, 2.45) is 0 Å². The number of rotatable bonds is 6. The van der Waals surface area contributed by atoms with E-state index in [0.717, 1.165) is 11.6 Å². The van der Waals surface area contributed by atoms with Gasteiger partial charge < -0.3 is 20.1 Å². The number of hydrogen-bond donors (Lipinski definition) is 3. The number of methoxy groups -OCH3 is 1. The van der Waals surface area contributed by atoms with Crippen LogP contribution in [-0.4, -0.2) is 34.1 Å². The van der Waals surface area contributed by atoms with Gasteiger partial charge in [0.1, 0.15) is 17.3 Å². The van der Waals surface area contributed by atoms with E-state index in [-0.39, 0.29) is 11.3 Å². The van der Waals surface area contributed by atoms with E-state index in [0.29, 0.717) is 23.7 Å². The van der Waals surface area contributed by atoms with Crippen molar-refractivity contribution in [1.29, 1.82) is 0 Å². The van der Waals surface area contributed by atoms with E-state index in [4.69, 9.17) is 9.84 Å². The molecule has 0 saturated carbocycles. The lowest BCUT2D eigenvalue weighted by Crippen LogP contribution is -2.20. The minimum Gasteiger partial charge on any atom is -0.497 e. The van der Waals surface area contributed by atoms with Crippen molar-refractivity contribution in [2.75, 3.05) is 12.4 Å². The maximum Gasteiger partial charge on any atom is 0.335 e. The highest BCUT2D eigenvalue weighted by Gasteiger charge is 2.12. The highest BCUT2D eigenvalue weighted by Crippen LogP contribution is 2.14. The summed E-state index contributed by atoms with van der Waals surface area (Å²) in [5.41, 5.74) is 0.701. The molecule has 0 aliphatic rings. The van der Waals surface area contributed by atoms with Gasteiger partial charge in [0.25, 0.3) is 11.5 Å². The number of ether oxygens (including phenoxy) is 1. The second-order valence-corrected chi connectivity index (χ2v) is 5.94. The van der Waals surface area contributed by atoms with Gasteiger partial charge in [-0.2, -0.15) is 0 Å². The number of aromatic carboxylic acids is 1. The third-order valence-electron chi connectivity index (χ3n) is 3.92. The Bertz CT molecular complexity index is 1070. The van der Waals surface area contributed by atoms with Gasteiger partial charge in [0.05, 0.1) is 12.7 Å². The fourth-order valence-corrected chi connectivity index (χ4v) is 2.57. The molecule has 28 heavy (non-hydrogen) atoms. The van der Waals surface area contributed by atoms with Gasteiger partial charge in [-0.05, 0) is 35.9 Å². The molecule has 0 aliphatic carbocycles. The molecule has 0 aliphatic heterocycles. The number of aromatic nitrogens is 2. The molecule has 0 bridgehead atoms. The Morgan fingerprint density at radius 2 is 1.89 bits per heavy atom. The lowest BCUT2D eigenvalue weighted by atomic mass is 10.1. The number of hydrogen-bond acceptors (Lipinski definition) is 5. The van der Waals surface area contributed by atoms with E-state index in [9.17, 15) is 14.4 Å². The number of carboxylic acid groups (broad SMARTS) is 1. The zero-order valence-electron chi connectivity index (χ0n) is 14.9. The number of anilines is 1. The van der Waals surface area contributed by atoms with Crippen molar-refractivity contribution in [2.45, 2.75) is 6.42 Å². The van der Waals surface area contributed by atoms with Crippen molar-refractivity contribution in [3.8, 4) is 5.75 Å². The maximum absolute atomic E-state index is 12.4. The van der Waals surface area contributed by atoms with Crippen LogP contribution in [0.2, 0.25) is 0 Å². The molecule has 1 amide bonds. The molecule has 0 fully saturated rings. The predicted molar refractivity (Wildman–Crippen MR) is 102 cm³/mol. The maximum atomic E-state index is 12.4. The van der Waals surface area contributed by atoms with Gasteiger partial charge in [0.15, 0.2) is 0 Å². The molecule has 3 N–H and O–H groups in total. The molecule has 1 heterocycles. The van der Waals surface area contributed by atoms with Crippen molar-refractivity contribution in [1.82, 2.24) is 9.97 Å². The largest absolute Gasteiger partial charge is 0.497 e. The molecule has 0 saturated heterocycles. The third-order valence-corrected chi connectivity index (χ3v) is 3.92. The Morgan fingerprint density at radius 1 is 1.14 bits per heavy atom. The van der Waals surface area contributed by atoms with Crippen LogP contribution in [0.4, 0.5) is 5.69 Å². The van der Waals surface area contributed by atoms with Crippen LogP contribution in [0.3, 0.4) is 0 Å². The molecular formula is C20H17N3O5. The topological polar surface area (TPSA) is 121 Å². The van der Waals surface area contributed by atoms with Crippen LogP contribution in [0.25, 0.3) is 0 Å². The van der Waals surface area contributed by atoms with Gasteiger partial charge in [-0.1, -0.05) is 18.2 Å². The van der Waals surface area contributed by atoms with Crippen molar-refractivity contribution in [3.63, 3.8) is 0 Å². The highest BCUT2D eigenvalue weighted by atomic mass is 16.5. The van der Waals surface area contributed by atoms with E-state index < -0.39 is 17.4 Å². The number of nitrogens with one attached hydrogen (secondary N) is 2. The summed E-state index contributed by atoms with van der Waals surface area (Å²) in [6.07, 6.45) is 0.328. The molecule has 0 spiro atoms. The summed E-state index contributed by atoms with van der Waals surface area (Å²) < 4.78 is 5.11. The number of H-pyrrole nitrogens is 1. The van der Waals surface area contributed by atoms with Crippen molar-refractivity contribution < 1.29 is 19.4 Å². The molecule has 8 heteroatoms. The van der Waals surface area contributed by atoms with Crippen LogP contribution in [0.15, 0.2) is 59.4 Å². The monoisotopic (exact) mass is 379 g/mol. The fourth-order valence-electron chi connectivity index (χ4n) is 2.57. The number of carbonyl (C=O) groups is 2. The molecule has 142 valence electrons. The van der Waals surface area contributed by atoms with E-state index in [1.807, 2.05) is 12.1 Å².